The number of nitrogens with one attached hydrogen (secondary N) is 1. The molecule has 5 heteroatoms. The van der Waals surface area contributed by atoms with Gasteiger partial charge in [0.1, 0.15) is 0 Å². The van der Waals surface area contributed by atoms with Gasteiger partial charge in [-0.05, 0) is 31.8 Å². The monoisotopic (exact) mass is 266 g/mol. The molecule has 0 saturated heterocycles. The van der Waals surface area contributed by atoms with E-state index in [2.05, 4.69) is 5.32 Å². The molecule has 0 aromatic rings. The lowest BCUT2D eigenvalue weighted by molar-refractivity contribution is -0.146. The third kappa shape index (κ3) is 5.57. The summed E-state index contributed by atoms with van der Waals surface area (Å²) in [4.78, 5) is 1.51. The quantitative estimate of drug-likeness (QED) is 0.762. The fourth-order valence-electron chi connectivity index (χ4n) is 2.84. The molecule has 0 heterocycles. The zero-order valence-corrected chi connectivity index (χ0v) is 11.4. The van der Waals surface area contributed by atoms with Gasteiger partial charge in [0.05, 0.1) is 6.54 Å². The Hall–Kier alpha value is -0.290. The average molecular weight is 266 g/mol. The normalized spacial score (nSPS) is 19.7. The highest BCUT2D eigenvalue weighted by Gasteiger charge is 2.32. The Kier molecular flexibility index (Phi) is 6.43. The van der Waals surface area contributed by atoms with Crippen molar-refractivity contribution in [2.24, 2.45) is 5.92 Å². The van der Waals surface area contributed by atoms with Crippen molar-refractivity contribution in [1.29, 1.82) is 0 Å². The fraction of sp³-hybridized carbons (Fsp3) is 1.00. The second kappa shape index (κ2) is 7.34. The second-order valence-electron chi connectivity index (χ2n) is 5.15. The van der Waals surface area contributed by atoms with Gasteiger partial charge in [0, 0.05) is 12.6 Å². The van der Waals surface area contributed by atoms with Crippen molar-refractivity contribution in [3.05, 3.63) is 0 Å². The van der Waals surface area contributed by atoms with E-state index in [1.54, 1.807) is 6.92 Å². The third-order valence-electron chi connectivity index (χ3n) is 3.74. The topological polar surface area (TPSA) is 15.3 Å². The summed E-state index contributed by atoms with van der Waals surface area (Å²) in [5, 5.41) is 3.37. The van der Waals surface area contributed by atoms with Gasteiger partial charge in [-0.1, -0.05) is 26.7 Å². The lowest BCUT2D eigenvalue weighted by Crippen LogP contribution is -2.47. The van der Waals surface area contributed by atoms with Crippen LogP contribution in [0.25, 0.3) is 0 Å². The molecule has 0 bridgehead atoms. The fourth-order valence-corrected chi connectivity index (χ4v) is 2.84. The number of hydrogen-bond acceptors (Lipinski definition) is 2. The van der Waals surface area contributed by atoms with Gasteiger partial charge in [-0.15, -0.1) is 0 Å². The highest BCUT2D eigenvalue weighted by molar-refractivity contribution is 4.83. The molecular weight excluding hydrogens is 241 g/mol. The van der Waals surface area contributed by atoms with Crippen molar-refractivity contribution in [2.75, 3.05) is 26.2 Å². The average Bonchev–Trinajstić information content (AvgIpc) is 2.78. The summed E-state index contributed by atoms with van der Waals surface area (Å²) in [7, 11) is 0. The Morgan fingerprint density at radius 2 is 1.83 bits per heavy atom. The van der Waals surface area contributed by atoms with Gasteiger partial charge in [0.2, 0.25) is 0 Å². The van der Waals surface area contributed by atoms with Gasteiger partial charge in [-0.3, -0.25) is 4.90 Å². The Bertz CT molecular complexity index is 225. The van der Waals surface area contributed by atoms with Crippen LogP contribution in [0.3, 0.4) is 0 Å². The van der Waals surface area contributed by atoms with E-state index in [-0.39, 0.29) is 6.04 Å². The molecule has 0 aromatic heterocycles. The van der Waals surface area contributed by atoms with Crippen LogP contribution in [-0.2, 0) is 0 Å². The number of likely N-dealkylation sites (N-methyl/N-ethyl adjacent to an activating group) is 2. The van der Waals surface area contributed by atoms with E-state index in [1.165, 1.54) is 17.7 Å². The van der Waals surface area contributed by atoms with E-state index in [0.29, 0.717) is 19.0 Å². The molecule has 2 nitrogen and oxygen atoms in total. The van der Waals surface area contributed by atoms with Crippen molar-refractivity contribution in [3.8, 4) is 0 Å². The van der Waals surface area contributed by atoms with E-state index in [4.69, 9.17) is 0 Å². The van der Waals surface area contributed by atoms with E-state index in [1.807, 2.05) is 6.92 Å². The first kappa shape index (κ1) is 15.8. The summed E-state index contributed by atoms with van der Waals surface area (Å²) in [6.45, 7) is 4.80. The molecule has 108 valence electrons. The number of halogens is 3. The molecule has 1 atom stereocenters. The molecule has 0 amide bonds. The van der Waals surface area contributed by atoms with Gasteiger partial charge in [0.25, 0.3) is 0 Å². The zero-order chi connectivity index (χ0) is 13.6. The molecule has 1 aliphatic rings. The van der Waals surface area contributed by atoms with Crippen molar-refractivity contribution in [1.82, 2.24) is 10.2 Å². The molecule has 1 fully saturated rings. The molecule has 1 N–H and O–H groups in total. The minimum Gasteiger partial charge on any atom is -0.313 e. The largest absolute Gasteiger partial charge is 0.401 e. The van der Waals surface area contributed by atoms with Crippen LogP contribution in [0.15, 0.2) is 0 Å². The zero-order valence-electron chi connectivity index (χ0n) is 11.4. The first-order chi connectivity index (χ1) is 8.46. The maximum atomic E-state index is 12.4. The summed E-state index contributed by atoms with van der Waals surface area (Å²) >= 11 is 0. The molecule has 1 saturated carbocycles. The van der Waals surface area contributed by atoms with Gasteiger partial charge in [0.15, 0.2) is 0 Å². The maximum Gasteiger partial charge on any atom is 0.401 e. The number of hydrogen-bond donors (Lipinski definition) is 1. The summed E-state index contributed by atoms with van der Waals surface area (Å²) in [5.74, 6) is 0.548. The minimum atomic E-state index is -4.09. The van der Waals surface area contributed by atoms with Crippen LogP contribution in [-0.4, -0.2) is 43.3 Å². The first-order valence-electron chi connectivity index (χ1n) is 6.98. The summed E-state index contributed by atoms with van der Waals surface area (Å²) in [6, 6.07) is 0.208. The van der Waals surface area contributed by atoms with Crippen LogP contribution in [0.1, 0.15) is 39.5 Å². The van der Waals surface area contributed by atoms with Crippen LogP contribution >= 0.6 is 0 Å². The SMILES string of the molecule is CCNC(CN(CC)CC(F)(F)F)C1CCCC1. The van der Waals surface area contributed by atoms with Gasteiger partial charge in [-0.2, -0.15) is 13.2 Å². The van der Waals surface area contributed by atoms with Gasteiger partial charge in [-0.25, -0.2) is 0 Å². The second-order valence-corrected chi connectivity index (χ2v) is 5.15. The molecule has 0 radical (unpaired) electrons. The predicted molar refractivity (Wildman–Crippen MR) is 67.6 cm³/mol. The van der Waals surface area contributed by atoms with Crippen molar-refractivity contribution < 1.29 is 13.2 Å². The first-order valence-corrected chi connectivity index (χ1v) is 6.98. The van der Waals surface area contributed by atoms with E-state index in [0.717, 1.165) is 19.4 Å². The summed E-state index contributed by atoms with van der Waals surface area (Å²) in [6.07, 6.45) is 0.654. The van der Waals surface area contributed by atoms with Crippen LogP contribution in [0.5, 0.6) is 0 Å². The number of alkyl halides is 3. The minimum absolute atomic E-state index is 0.208. The number of nitrogens with zero attached hydrogens (tertiary/aromatic N) is 1. The lowest BCUT2D eigenvalue weighted by atomic mass is 9.97. The number of rotatable bonds is 7. The molecular formula is C13H25F3N2. The predicted octanol–water partition coefficient (Wildman–Crippen LogP) is 3.04. The standard InChI is InChI=1S/C13H25F3N2/c1-3-17-12(11-7-5-6-8-11)9-18(4-2)10-13(14,15)16/h11-12,17H,3-10H2,1-2H3. The lowest BCUT2D eigenvalue weighted by Gasteiger charge is -2.31. The Balaban J connectivity index is 2.51. The van der Waals surface area contributed by atoms with E-state index < -0.39 is 12.7 Å². The summed E-state index contributed by atoms with van der Waals surface area (Å²) in [5.41, 5.74) is 0. The Morgan fingerprint density at radius 1 is 1.22 bits per heavy atom. The van der Waals surface area contributed by atoms with Crippen LogP contribution < -0.4 is 5.32 Å². The molecule has 1 unspecified atom stereocenters. The molecule has 0 spiro atoms. The molecule has 0 aromatic carbocycles. The maximum absolute atomic E-state index is 12.4. The van der Waals surface area contributed by atoms with Crippen molar-refractivity contribution in [3.63, 3.8) is 0 Å². The van der Waals surface area contributed by atoms with Crippen molar-refractivity contribution in [2.45, 2.75) is 51.7 Å². The van der Waals surface area contributed by atoms with Crippen LogP contribution in [0.2, 0.25) is 0 Å². The third-order valence-corrected chi connectivity index (χ3v) is 3.74. The van der Waals surface area contributed by atoms with E-state index >= 15 is 0 Å². The Morgan fingerprint density at radius 3 is 2.28 bits per heavy atom. The summed E-state index contributed by atoms with van der Waals surface area (Å²) < 4.78 is 37.3. The Labute approximate surface area is 108 Å². The smallest absolute Gasteiger partial charge is 0.313 e. The highest BCUT2D eigenvalue weighted by Crippen LogP contribution is 2.28. The molecule has 0 aliphatic heterocycles. The molecule has 1 rings (SSSR count). The van der Waals surface area contributed by atoms with E-state index in [9.17, 15) is 13.2 Å². The highest BCUT2D eigenvalue weighted by atomic mass is 19.4. The van der Waals surface area contributed by atoms with Gasteiger partial charge >= 0.3 is 6.18 Å². The molecule has 1 aliphatic carbocycles. The van der Waals surface area contributed by atoms with Gasteiger partial charge < -0.3 is 5.32 Å². The molecule has 18 heavy (non-hydrogen) atoms. The van der Waals surface area contributed by atoms with Crippen LogP contribution in [0.4, 0.5) is 13.2 Å². The van der Waals surface area contributed by atoms with Crippen LogP contribution in [0, 0.1) is 5.92 Å². The van der Waals surface area contributed by atoms with Crippen molar-refractivity contribution >= 4 is 0 Å².